The number of hydrogen-bond donors (Lipinski definition) is 1. The summed E-state index contributed by atoms with van der Waals surface area (Å²) >= 11 is 1.82. The third kappa shape index (κ3) is 10.0. The fourth-order valence-electron chi connectivity index (χ4n) is 5.09. The number of thioether (sulfide) groups is 1. The molecule has 2 rings (SSSR count). The van der Waals surface area contributed by atoms with Gasteiger partial charge >= 0.3 is 11.9 Å². The number of carbonyl (C=O) groups excluding carboxylic acids is 1. The maximum Gasteiger partial charge on any atom is 0.312 e. The van der Waals surface area contributed by atoms with E-state index in [-0.39, 0.29) is 18.2 Å². The Kier molecular flexibility index (Phi) is 14.4. The lowest BCUT2D eigenvalue weighted by Crippen LogP contribution is -2.39. The van der Waals surface area contributed by atoms with Crippen LogP contribution in [0.15, 0.2) is 0 Å². The highest BCUT2D eigenvalue weighted by Crippen LogP contribution is 2.44. The highest BCUT2D eigenvalue weighted by molar-refractivity contribution is 7.99. The Hall–Kier alpha value is -0.750. The number of esters is 1. The molecule has 32 heavy (non-hydrogen) atoms. The number of carboxylic acids is 1. The molecule has 2 aliphatic heterocycles. The summed E-state index contributed by atoms with van der Waals surface area (Å²) in [6.07, 6.45) is 20.1. The number of aliphatic carboxylic acids is 1. The molecule has 186 valence electrons. The number of carbonyl (C=O) groups is 2. The first-order valence-electron chi connectivity index (χ1n) is 13.3. The zero-order valence-corrected chi connectivity index (χ0v) is 21.0. The number of unbranched alkanes of at least 4 members (excludes halogenated alkanes) is 13. The van der Waals surface area contributed by atoms with E-state index < -0.39 is 17.8 Å². The highest BCUT2D eigenvalue weighted by atomic mass is 32.2. The van der Waals surface area contributed by atoms with Crippen LogP contribution in [0.1, 0.15) is 110 Å². The largest absolute Gasteiger partial charge is 0.481 e. The second-order valence-electron chi connectivity index (χ2n) is 9.56. The zero-order valence-electron chi connectivity index (χ0n) is 20.2. The molecule has 5 nitrogen and oxygen atoms in total. The molecule has 0 amide bonds. The van der Waals surface area contributed by atoms with Crippen molar-refractivity contribution in [1.29, 1.82) is 0 Å². The predicted molar refractivity (Wildman–Crippen MR) is 131 cm³/mol. The van der Waals surface area contributed by atoms with Crippen molar-refractivity contribution >= 4 is 23.7 Å². The molecule has 0 spiro atoms. The van der Waals surface area contributed by atoms with Crippen molar-refractivity contribution in [3.8, 4) is 0 Å². The highest BCUT2D eigenvalue weighted by Gasteiger charge is 2.56. The van der Waals surface area contributed by atoms with Gasteiger partial charge in [-0.15, -0.1) is 0 Å². The van der Waals surface area contributed by atoms with Crippen molar-refractivity contribution < 1.29 is 24.2 Å². The fourth-order valence-corrected chi connectivity index (χ4v) is 5.90. The molecular weight excluding hydrogens is 424 g/mol. The van der Waals surface area contributed by atoms with Gasteiger partial charge in [0.25, 0.3) is 0 Å². The van der Waals surface area contributed by atoms with Gasteiger partial charge in [0.1, 0.15) is 6.61 Å². The van der Waals surface area contributed by atoms with Gasteiger partial charge in [0.2, 0.25) is 0 Å². The zero-order chi connectivity index (χ0) is 23.0. The lowest BCUT2D eigenvalue weighted by molar-refractivity contribution is -0.157. The van der Waals surface area contributed by atoms with E-state index in [0.29, 0.717) is 6.61 Å². The van der Waals surface area contributed by atoms with Gasteiger partial charge in [-0.25, -0.2) is 0 Å². The van der Waals surface area contributed by atoms with Gasteiger partial charge in [-0.3, -0.25) is 9.59 Å². The Morgan fingerprint density at radius 1 is 0.781 bits per heavy atom. The molecule has 0 saturated carbocycles. The summed E-state index contributed by atoms with van der Waals surface area (Å²) in [6.45, 7) is 2.64. The van der Waals surface area contributed by atoms with Crippen molar-refractivity contribution in [1.82, 2.24) is 0 Å². The summed E-state index contributed by atoms with van der Waals surface area (Å²) in [6, 6.07) is 0. The second kappa shape index (κ2) is 16.8. The lowest BCUT2D eigenvalue weighted by Gasteiger charge is -2.23. The van der Waals surface area contributed by atoms with Crippen LogP contribution in [-0.2, 0) is 19.1 Å². The quantitative estimate of drug-likeness (QED) is 0.159. The van der Waals surface area contributed by atoms with Gasteiger partial charge in [-0.05, 0) is 25.0 Å². The normalized spacial score (nSPS) is 24.2. The van der Waals surface area contributed by atoms with E-state index in [4.69, 9.17) is 9.47 Å². The molecule has 0 aliphatic carbocycles. The fraction of sp³-hybridized carbons (Fsp3) is 0.923. The Balaban J connectivity index is 1.33. The van der Waals surface area contributed by atoms with Crippen LogP contribution in [0.3, 0.4) is 0 Å². The number of carboxylic acid groups (broad SMARTS) is 1. The number of ether oxygens (including phenoxy) is 2. The van der Waals surface area contributed by atoms with Crippen LogP contribution in [0.2, 0.25) is 0 Å². The van der Waals surface area contributed by atoms with Crippen molar-refractivity contribution in [2.45, 2.75) is 122 Å². The molecule has 0 unspecified atom stereocenters. The van der Waals surface area contributed by atoms with E-state index in [9.17, 15) is 14.7 Å². The minimum atomic E-state index is -0.939. The Labute approximate surface area is 199 Å². The van der Waals surface area contributed by atoms with Gasteiger partial charge in [0, 0.05) is 5.75 Å². The third-order valence-electron chi connectivity index (χ3n) is 6.94. The summed E-state index contributed by atoms with van der Waals surface area (Å²) in [5.41, 5.74) is 0. The van der Waals surface area contributed by atoms with Crippen LogP contribution >= 0.6 is 11.8 Å². The van der Waals surface area contributed by atoms with Gasteiger partial charge in [0.05, 0.1) is 24.0 Å². The number of rotatable bonds is 20. The molecule has 2 bridgehead atoms. The topological polar surface area (TPSA) is 72.8 Å². The smallest absolute Gasteiger partial charge is 0.312 e. The van der Waals surface area contributed by atoms with E-state index in [0.717, 1.165) is 24.3 Å². The van der Waals surface area contributed by atoms with Crippen LogP contribution in [0, 0.1) is 11.8 Å². The first-order chi connectivity index (χ1) is 15.6. The minimum Gasteiger partial charge on any atom is -0.481 e. The molecule has 2 fully saturated rings. The Bertz CT molecular complexity index is 526. The summed E-state index contributed by atoms with van der Waals surface area (Å²) in [7, 11) is 0. The van der Waals surface area contributed by atoms with Crippen molar-refractivity contribution in [2.24, 2.45) is 11.8 Å². The summed E-state index contributed by atoms with van der Waals surface area (Å²) in [5.74, 6) is -0.798. The molecule has 0 radical (unpaired) electrons. The molecule has 6 heteroatoms. The summed E-state index contributed by atoms with van der Waals surface area (Å²) in [4.78, 5) is 23.8. The van der Waals surface area contributed by atoms with Gasteiger partial charge in [-0.1, -0.05) is 90.4 Å². The number of hydrogen-bond acceptors (Lipinski definition) is 5. The molecule has 1 N–H and O–H groups in total. The standard InChI is InChI=1S/C26H46O5S/c1-2-3-4-5-6-7-8-9-10-11-12-13-14-15-19-32-20-18-30-26(29)24-22-17-16-21(31-22)23(24)25(27)28/h21-24H,2-20H2,1H3,(H,27,28)/t21-,22+,23-,24-/m0/s1. The molecular formula is C26H46O5S. The van der Waals surface area contributed by atoms with Crippen molar-refractivity contribution in [3.63, 3.8) is 0 Å². The lowest BCUT2D eigenvalue weighted by atomic mass is 9.79. The monoisotopic (exact) mass is 470 g/mol. The minimum absolute atomic E-state index is 0.267. The SMILES string of the molecule is CCCCCCCCCCCCCCCCSCCOC(=O)[C@@H]1[C@@H](C(=O)O)[C@@H]2CC[C@H]1O2. The molecule has 0 aromatic carbocycles. The van der Waals surface area contributed by atoms with Crippen LogP contribution in [0.25, 0.3) is 0 Å². The van der Waals surface area contributed by atoms with Crippen LogP contribution < -0.4 is 0 Å². The maximum absolute atomic E-state index is 12.3. The van der Waals surface area contributed by atoms with E-state index in [1.807, 2.05) is 11.8 Å². The predicted octanol–water partition coefficient (Wildman–Crippen LogP) is 6.62. The van der Waals surface area contributed by atoms with Crippen LogP contribution in [0.4, 0.5) is 0 Å². The molecule has 2 aliphatic rings. The van der Waals surface area contributed by atoms with Crippen LogP contribution in [-0.4, -0.2) is 47.4 Å². The average Bonchev–Trinajstić information content (AvgIpc) is 3.40. The van der Waals surface area contributed by atoms with E-state index >= 15 is 0 Å². The van der Waals surface area contributed by atoms with E-state index in [1.54, 1.807) is 0 Å². The molecule has 0 aromatic heterocycles. The van der Waals surface area contributed by atoms with E-state index in [1.165, 1.54) is 89.9 Å². The van der Waals surface area contributed by atoms with Crippen molar-refractivity contribution in [3.05, 3.63) is 0 Å². The molecule has 0 aromatic rings. The second-order valence-corrected chi connectivity index (χ2v) is 10.8. The van der Waals surface area contributed by atoms with Gasteiger partial charge in [-0.2, -0.15) is 11.8 Å². The van der Waals surface area contributed by atoms with Crippen molar-refractivity contribution in [2.75, 3.05) is 18.1 Å². The van der Waals surface area contributed by atoms with Gasteiger partial charge < -0.3 is 14.6 Å². The Morgan fingerprint density at radius 3 is 1.81 bits per heavy atom. The van der Waals surface area contributed by atoms with Crippen LogP contribution in [0.5, 0.6) is 0 Å². The van der Waals surface area contributed by atoms with E-state index in [2.05, 4.69) is 6.92 Å². The third-order valence-corrected chi connectivity index (χ3v) is 7.98. The molecule has 2 saturated heterocycles. The number of fused-ring (bicyclic) bond motifs is 2. The molecule has 4 atom stereocenters. The Morgan fingerprint density at radius 2 is 1.28 bits per heavy atom. The first-order valence-corrected chi connectivity index (χ1v) is 14.4. The average molecular weight is 471 g/mol. The summed E-state index contributed by atoms with van der Waals surface area (Å²) in [5, 5.41) is 9.39. The summed E-state index contributed by atoms with van der Waals surface area (Å²) < 4.78 is 11.0. The van der Waals surface area contributed by atoms with Gasteiger partial charge in [0.15, 0.2) is 0 Å². The maximum atomic E-state index is 12.3. The molecule has 2 heterocycles. The first kappa shape index (κ1) is 27.5.